The summed E-state index contributed by atoms with van der Waals surface area (Å²) in [6.45, 7) is 5.87. The van der Waals surface area contributed by atoms with Gasteiger partial charge < -0.3 is 9.05 Å². The van der Waals surface area contributed by atoms with Crippen LogP contribution in [0.4, 0.5) is 0 Å². The number of nitrogens with one attached hydrogen (secondary N) is 1. The molecule has 3 heterocycles. The van der Waals surface area contributed by atoms with E-state index in [1.807, 2.05) is 13.8 Å². The van der Waals surface area contributed by atoms with Crippen molar-refractivity contribution in [1.29, 1.82) is 0 Å². The molecule has 0 radical (unpaired) electrons. The van der Waals surface area contributed by atoms with Crippen LogP contribution < -0.4 is 4.72 Å². The van der Waals surface area contributed by atoms with Gasteiger partial charge in [-0.05, 0) is 39.7 Å². The van der Waals surface area contributed by atoms with Gasteiger partial charge in [0.15, 0.2) is 5.76 Å². The van der Waals surface area contributed by atoms with Crippen LogP contribution in [0.5, 0.6) is 0 Å². The summed E-state index contributed by atoms with van der Waals surface area (Å²) in [7, 11) is -3.56. The lowest BCUT2D eigenvalue weighted by molar-refractivity contribution is 0.392. The molecule has 134 valence electrons. The van der Waals surface area contributed by atoms with Crippen molar-refractivity contribution in [3.8, 4) is 10.6 Å². The number of hydrogen-bond donors (Lipinski definition) is 1. The van der Waals surface area contributed by atoms with E-state index in [0.29, 0.717) is 23.6 Å². The molecule has 0 amide bonds. The average molecular weight is 381 g/mol. The maximum absolute atomic E-state index is 12.5. The van der Waals surface area contributed by atoms with Gasteiger partial charge in [-0.1, -0.05) is 10.3 Å². The molecule has 3 aromatic rings. The zero-order chi connectivity index (χ0) is 18.0. The fourth-order valence-corrected chi connectivity index (χ4v) is 5.23. The van der Waals surface area contributed by atoms with Crippen LogP contribution in [0.25, 0.3) is 10.6 Å². The number of nitrogens with zero attached hydrogens (tertiary/aromatic N) is 2. The lowest BCUT2D eigenvalue weighted by atomic mass is 10.1. The highest BCUT2D eigenvalue weighted by Gasteiger charge is 2.21. The van der Waals surface area contributed by atoms with Gasteiger partial charge in [-0.2, -0.15) is 0 Å². The Bertz CT molecular complexity index is 936. The monoisotopic (exact) mass is 381 g/mol. The van der Waals surface area contributed by atoms with E-state index in [9.17, 15) is 8.42 Å². The summed E-state index contributed by atoms with van der Waals surface area (Å²) in [6, 6.07) is 3.33. The number of thiophene rings is 1. The Kier molecular flexibility index (Phi) is 5.07. The summed E-state index contributed by atoms with van der Waals surface area (Å²) < 4.78 is 38.0. The van der Waals surface area contributed by atoms with Gasteiger partial charge in [0, 0.05) is 23.1 Å². The van der Waals surface area contributed by atoms with Crippen molar-refractivity contribution in [2.75, 3.05) is 6.54 Å². The lowest BCUT2D eigenvalue weighted by Crippen LogP contribution is -2.25. The normalized spacial score (nSPS) is 12.0. The van der Waals surface area contributed by atoms with Crippen molar-refractivity contribution >= 4 is 21.4 Å². The van der Waals surface area contributed by atoms with E-state index in [2.05, 4.69) is 15.0 Å². The third kappa shape index (κ3) is 3.83. The molecule has 0 fully saturated rings. The first-order valence-corrected chi connectivity index (χ1v) is 10.1. The highest BCUT2D eigenvalue weighted by Crippen LogP contribution is 2.33. The van der Waals surface area contributed by atoms with Gasteiger partial charge >= 0.3 is 0 Å². The van der Waals surface area contributed by atoms with E-state index in [1.54, 1.807) is 19.1 Å². The zero-order valence-electron chi connectivity index (χ0n) is 14.2. The molecule has 0 aliphatic heterocycles. The molecule has 0 aromatic carbocycles. The summed E-state index contributed by atoms with van der Waals surface area (Å²) in [5.41, 5.74) is 1.89. The summed E-state index contributed by atoms with van der Waals surface area (Å²) in [6.07, 6.45) is 2.92. The second-order valence-electron chi connectivity index (χ2n) is 5.71. The molecule has 0 aliphatic rings. The van der Waals surface area contributed by atoms with Crippen molar-refractivity contribution < 1.29 is 17.5 Å². The van der Waals surface area contributed by atoms with Crippen molar-refractivity contribution in [2.24, 2.45) is 0 Å². The molecule has 0 atom stereocenters. The van der Waals surface area contributed by atoms with Gasteiger partial charge in [0.1, 0.15) is 5.76 Å². The largest absolute Gasteiger partial charge is 0.361 e. The van der Waals surface area contributed by atoms with Gasteiger partial charge in [-0.15, -0.1) is 11.3 Å². The number of hydrogen-bond acceptors (Lipinski definition) is 7. The van der Waals surface area contributed by atoms with E-state index in [-0.39, 0.29) is 4.90 Å². The molecule has 0 saturated heterocycles. The Morgan fingerprint density at radius 2 is 2.04 bits per heavy atom. The maximum atomic E-state index is 12.5. The first kappa shape index (κ1) is 17.8. The predicted octanol–water partition coefficient (Wildman–Crippen LogP) is 3.23. The first-order chi connectivity index (χ1) is 11.9. The second-order valence-corrected chi connectivity index (χ2v) is 8.70. The molecule has 0 spiro atoms. The first-order valence-electron chi connectivity index (χ1n) is 7.81. The highest BCUT2D eigenvalue weighted by molar-refractivity contribution is 7.89. The number of sulfonamides is 1. The van der Waals surface area contributed by atoms with Crippen molar-refractivity contribution in [1.82, 2.24) is 15.0 Å². The minimum atomic E-state index is -3.56. The smallest absolute Gasteiger partial charge is 0.241 e. The van der Waals surface area contributed by atoms with Gasteiger partial charge in [0.25, 0.3) is 0 Å². The Labute approximate surface area is 150 Å². The summed E-state index contributed by atoms with van der Waals surface area (Å²) in [5, 5.41) is 7.56. The molecule has 3 rings (SSSR count). The van der Waals surface area contributed by atoms with Crippen LogP contribution in [-0.4, -0.2) is 25.3 Å². The van der Waals surface area contributed by atoms with Gasteiger partial charge in [0.2, 0.25) is 10.0 Å². The number of aryl methyl sites for hydroxylation is 3. The van der Waals surface area contributed by atoms with Crippen LogP contribution in [-0.2, 0) is 16.4 Å². The molecule has 7 nitrogen and oxygen atoms in total. The standard InChI is InChI=1S/C16H19N3O4S2/c1-10-13(11(2)22-19-10)5-4-7-18-25(20,21)16-9-15(24-12(16)3)14-6-8-17-23-14/h6,8-9,18H,4-5,7H2,1-3H3. The predicted molar refractivity (Wildman–Crippen MR) is 94.0 cm³/mol. The fraction of sp³-hybridized carbons (Fsp3) is 0.375. The van der Waals surface area contributed by atoms with Gasteiger partial charge in [-0.3, -0.25) is 0 Å². The third-order valence-corrected chi connectivity index (χ3v) is 6.70. The Morgan fingerprint density at radius 1 is 1.24 bits per heavy atom. The molecule has 1 N–H and O–H groups in total. The SMILES string of the molecule is Cc1noc(C)c1CCCNS(=O)(=O)c1cc(-c2ccno2)sc1C. The summed E-state index contributed by atoms with van der Waals surface area (Å²) in [4.78, 5) is 1.73. The van der Waals surface area contributed by atoms with Crippen molar-refractivity contribution in [3.05, 3.63) is 40.2 Å². The van der Waals surface area contributed by atoms with Crippen LogP contribution >= 0.6 is 11.3 Å². The molecular weight excluding hydrogens is 362 g/mol. The molecule has 0 aliphatic carbocycles. The van der Waals surface area contributed by atoms with Gasteiger partial charge in [0.05, 0.1) is 21.7 Å². The van der Waals surface area contributed by atoms with Crippen LogP contribution in [0.1, 0.15) is 28.3 Å². The maximum Gasteiger partial charge on any atom is 0.241 e. The molecule has 0 saturated carbocycles. The minimum Gasteiger partial charge on any atom is -0.361 e. The quantitative estimate of drug-likeness (QED) is 0.631. The van der Waals surface area contributed by atoms with Crippen LogP contribution in [0, 0.1) is 20.8 Å². The molecule has 9 heteroatoms. The molecule has 25 heavy (non-hydrogen) atoms. The van der Waals surface area contributed by atoms with E-state index in [1.165, 1.54) is 17.5 Å². The second kappa shape index (κ2) is 7.11. The molecule has 0 unspecified atom stereocenters. The fourth-order valence-electron chi connectivity index (χ4n) is 2.60. The Balaban J connectivity index is 1.64. The van der Waals surface area contributed by atoms with Crippen LogP contribution in [0.15, 0.2) is 32.3 Å². The number of rotatable bonds is 7. The molecular formula is C16H19N3O4S2. The zero-order valence-corrected chi connectivity index (χ0v) is 15.8. The van der Waals surface area contributed by atoms with Gasteiger partial charge in [-0.25, -0.2) is 13.1 Å². The van der Waals surface area contributed by atoms with Crippen LogP contribution in [0.2, 0.25) is 0 Å². The average Bonchev–Trinajstić information content (AvgIpc) is 3.27. The van der Waals surface area contributed by atoms with E-state index >= 15 is 0 Å². The summed E-state index contributed by atoms with van der Waals surface area (Å²) >= 11 is 1.37. The van der Waals surface area contributed by atoms with Crippen molar-refractivity contribution in [2.45, 2.75) is 38.5 Å². The van der Waals surface area contributed by atoms with E-state index < -0.39 is 10.0 Å². The number of aromatic nitrogens is 2. The Morgan fingerprint density at radius 3 is 2.68 bits per heavy atom. The molecule has 0 bridgehead atoms. The Hall–Kier alpha value is -1.97. The highest BCUT2D eigenvalue weighted by atomic mass is 32.2. The molecule has 3 aromatic heterocycles. The summed E-state index contributed by atoms with van der Waals surface area (Å²) in [5.74, 6) is 1.35. The third-order valence-electron chi connectivity index (χ3n) is 3.92. The minimum absolute atomic E-state index is 0.279. The lowest BCUT2D eigenvalue weighted by Gasteiger charge is -2.06. The van der Waals surface area contributed by atoms with E-state index in [4.69, 9.17) is 9.05 Å². The van der Waals surface area contributed by atoms with Crippen LogP contribution in [0.3, 0.4) is 0 Å². The van der Waals surface area contributed by atoms with Crippen molar-refractivity contribution in [3.63, 3.8) is 0 Å². The van der Waals surface area contributed by atoms with E-state index in [0.717, 1.165) is 28.3 Å². The topological polar surface area (TPSA) is 98.2 Å².